The molecule has 0 amide bonds. The SMILES string of the molecule is C[C@@H]1CN(Cc2cnn(-c3ccccc3)n2)CCN1. The van der Waals surface area contributed by atoms with Gasteiger partial charge in [-0.05, 0) is 19.1 Å². The quantitative estimate of drug-likeness (QED) is 0.893. The standard InChI is InChI=1S/C14H19N5/c1-12-10-18(8-7-15-12)11-13-9-16-19(17-13)14-5-3-2-4-6-14/h2-6,9,12,15H,7-8,10-11H2,1H3/t12-/m1/s1. The highest BCUT2D eigenvalue weighted by Crippen LogP contribution is 2.07. The van der Waals surface area contributed by atoms with Gasteiger partial charge in [0.1, 0.15) is 0 Å². The molecule has 3 rings (SSSR count). The highest BCUT2D eigenvalue weighted by molar-refractivity contribution is 5.28. The number of piperazine rings is 1. The number of hydrogen-bond acceptors (Lipinski definition) is 4. The van der Waals surface area contributed by atoms with E-state index in [1.54, 1.807) is 4.80 Å². The van der Waals surface area contributed by atoms with Crippen molar-refractivity contribution in [1.29, 1.82) is 0 Å². The Kier molecular flexibility index (Phi) is 3.57. The minimum atomic E-state index is 0.554. The highest BCUT2D eigenvalue weighted by atomic mass is 15.5. The zero-order valence-electron chi connectivity index (χ0n) is 11.2. The van der Waals surface area contributed by atoms with Crippen LogP contribution in [0.5, 0.6) is 0 Å². The van der Waals surface area contributed by atoms with Crippen LogP contribution >= 0.6 is 0 Å². The third kappa shape index (κ3) is 3.00. The minimum absolute atomic E-state index is 0.554. The van der Waals surface area contributed by atoms with Crippen molar-refractivity contribution in [2.24, 2.45) is 0 Å². The van der Waals surface area contributed by atoms with E-state index in [4.69, 9.17) is 0 Å². The number of para-hydroxylation sites is 1. The molecular formula is C14H19N5. The van der Waals surface area contributed by atoms with Crippen LogP contribution in [-0.4, -0.2) is 45.6 Å². The first kappa shape index (κ1) is 12.3. The molecule has 1 aliphatic heterocycles. The summed E-state index contributed by atoms with van der Waals surface area (Å²) in [7, 11) is 0. The molecule has 100 valence electrons. The van der Waals surface area contributed by atoms with Crippen LogP contribution in [0.15, 0.2) is 36.5 Å². The highest BCUT2D eigenvalue weighted by Gasteiger charge is 2.16. The van der Waals surface area contributed by atoms with Crippen molar-refractivity contribution < 1.29 is 0 Å². The molecule has 1 aromatic carbocycles. The van der Waals surface area contributed by atoms with E-state index in [0.717, 1.165) is 37.6 Å². The summed E-state index contributed by atoms with van der Waals surface area (Å²) in [6.45, 7) is 6.28. The molecule has 5 heteroatoms. The Morgan fingerprint density at radius 3 is 2.95 bits per heavy atom. The fraction of sp³-hybridized carbons (Fsp3) is 0.429. The van der Waals surface area contributed by atoms with E-state index in [0.29, 0.717) is 6.04 Å². The second kappa shape index (κ2) is 5.50. The maximum absolute atomic E-state index is 4.54. The van der Waals surface area contributed by atoms with Crippen molar-refractivity contribution in [3.05, 3.63) is 42.2 Å². The Morgan fingerprint density at radius 1 is 1.32 bits per heavy atom. The summed E-state index contributed by atoms with van der Waals surface area (Å²) in [6, 6.07) is 10.6. The van der Waals surface area contributed by atoms with Gasteiger partial charge in [0.25, 0.3) is 0 Å². The Bertz CT molecular complexity index is 522. The largest absolute Gasteiger partial charge is 0.312 e. The minimum Gasteiger partial charge on any atom is -0.312 e. The average Bonchev–Trinajstić information content (AvgIpc) is 2.88. The van der Waals surface area contributed by atoms with E-state index >= 15 is 0 Å². The van der Waals surface area contributed by atoms with Crippen LogP contribution < -0.4 is 5.32 Å². The lowest BCUT2D eigenvalue weighted by molar-refractivity contribution is 0.197. The van der Waals surface area contributed by atoms with Crippen molar-refractivity contribution in [3.8, 4) is 5.69 Å². The van der Waals surface area contributed by atoms with E-state index in [-0.39, 0.29) is 0 Å². The second-order valence-electron chi connectivity index (χ2n) is 5.05. The lowest BCUT2D eigenvalue weighted by atomic mass is 10.2. The molecule has 1 atom stereocenters. The molecule has 0 radical (unpaired) electrons. The van der Waals surface area contributed by atoms with Gasteiger partial charge < -0.3 is 5.32 Å². The van der Waals surface area contributed by atoms with E-state index in [1.165, 1.54) is 0 Å². The maximum Gasteiger partial charge on any atom is 0.0971 e. The zero-order valence-corrected chi connectivity index (χ0v) is 11.2. The fourth-order valence-corrected chi connectivity index (χ4v) is 2.44. The van der Waals surface area contributed by atoms with Gasteiger partial charge in [-0.3, -0.25) is 4.90 Å². The van der Waals surface area contributed by atoms with Gasteiger partial charge in [0.2, 0.25) is 0 Å². The van der Waals surface area contributed by atoms with E-state index < -0.39 is 0 Å². The first-order valence-corrected chi connectivity index (χ1v) is 6.73. The molecule has 0 spiro atoms. The summed E-state index contributed by atoms with van der Waals surface area (Å²) in [4.78, 5) is 4.11. The topological polar surface area (TPSA) is 46.0 Å². The molecule has 1 N–H and O–H groups in total. The second-order valence-corrected chi connectivity index (χ2v) is 5.05. The number of nitrogens with zero attached hydrogens (tertiary/aromatic N) is 4. The van der Waals surface area contributed by atoms with E-state index in [2.05, 4.69) is 27.3 Å². The van der Waals surface area contributed by atoms with Gasteiger partial charge in [-0.1, -0.05) is 18.2 Å². The molecule has 0 bridgehead atoms. The maximum atomic E-state index is 4.54. The molecule has 0 aliphatic carbocycles. The van der Waals surface area contributed by atoms with Crippen LogP contribution in [0.1, 0.15) is 12.6 Å². The summed E-state index contributed by atoms with van der Waals surface area (Å²) in [5.74, 6) is 0. The van der Waals surface area contributed by atoms with Gasteiger partial charge in [-0.25, -0.2) is 0 Å². The van der Waals surface area contributed by atoms with Gasteiger partial charge in [0, 0.05) is 32.2 Å². The predicted molar refractivity (Wildman–Crippen MR) is 74.1 cm³/mol. The van der Waals surface area contributed by atoms with Crippen molar-refractivity contribution in [3.63, 3.8) is 0 Å². The molecule has 1 aromatic heterocycles. The van der Waals surface area contributed by atoms with Crippen LogP contribution in [0, 0.1) is 0 Å². The Hall–Kier alpha value is -1.72. The van der Waals surface area contributed by atoms with Crippen LogP contribution in [-0.2, 0) is 6.54 Å². The van der Waals surface area contributed by atoms with Gasteiger partial charge in [-0.2, -0.15) is 15.0 Å². The van der Waals surface area contributed by atoms with Gasteiger partial charge in [-0.15, -0.1) is 0 Å². The molecule has 1 fully saturated rings. The first-order chi connectivity index (χ1) is 9.31. The molecule has 0 unspecified atom stereocenters. The molecule has 5 nitrogen and oxygen atoms in total. The third-order valence-corrected chi connectivity index (χ3v) is 3.36. The number of aromatic nitrogens is 3. The first-order valence-electron chi connectivity index (χ1n) is 6.73. The smallest absolute Gasteiger partial charge is 0.0971 e. The van der Waals surface area contributed by atoms with Crippen LogP contribution in [0.25, 0.3) is 5.69 Å². The number of hydrogen-bond donors (Lipinski definition) is 1. The Morgan fingerprint density at radius 2 is 2.16 bits per heavy atom. The molecular weight excluding hydrogens is 238 g/mol. The lowest BCUT2D eigenvalue weighted by Crippen LogP contribution is -2.48. The molecule has 2 aromatic rings. The number of nitrogens with one attached hydrogen (secondary N) is 1. The van der Waals surface area contributed by atoms with E-state index in [9.17, 15) is 0 Å². The zero-order chi connectivity index (χ0) is 13.1. The fourth-order valence-electron chi connectivity index (χ4n) is 2.44. The van der Waals surface area contributed by atoms with Crippen molar-refractivity contribution in [2.45, 2.75) is 19.5 Å². The Balaban J connectivity index is 1.68. The van der Waals surface area contributed by atoms with Gasteiger partial charge in [0.05, 0.1) is 17.6 Å². The van der Waals surface area contributed by atoms with E-state index in [1.807, 2.05) is 36.5 Å². The van der Waals surface area contributed by atoms with Crippen molar-refractivity contribution >= 4 is 0 Å². The predicted octanol–water partition coefficient (Wildman–Crippen LogP) is 1.06. The van der Waals surface area contributed by atoms with Crippen molar-refractivity contribution in [2.75, 3.05) is 19.6 Å². The van der Waals surface area contributed by atoms with Crippen LogP contribution in [0.4, 0.5) is 0 Å². The summed E-state index contributed by atoms with van der Waals surface area (Å²) < 4.78 is 0. The number of benzene rings is 1. The summed E-state index contributed by atoms with van der Waals surface area (Å²) in [6.07, 6.45) is 1.86. The lowest BCUT2D eigenvalue weighted by Gasteiger charge is -2.31. The molecule has 0 saturated carbocycles. The molecule has 19 heavy (non-hydrogen) atoms. The van der Waals surface area contributed by atoms with Crippen LogP contribution in [0.3, 0.4) is 0 Å². The average molecular weight is 257 g/mol. The molecule has 2 heterocycles. The summed E-state index contributed by atoms with van der Waals surface area (Å²) >= 11 is 0. The van der Waals surface area contributed by atoms with Gasteiger partial charge in [0.15, 0.2) is 0 Å². The summed E-state index contributed by atoms with van der Waals surface area (Å²) in [5, 5.41) is 12.3. The third-order valence-electron chi connectivity index (χ3n) is 3.36. The van der Waals surface area contributed by atoms with Crippen molar-refractivity contribution in [1.82, 2.24) is 25.2 Å². The monoisotopic (exact) mass is 257 g/mol. The molecule has 1 saturated heterocycles. The van der Waals surface area contributed by atoms with Gasteiger partial charge >= 0.3 is 0 Å². The molecule has 1 aliphatic rings. The normalized spacial score (nSPS) is 20.6. The van der Waals surface area contributed by atoms with Crippen LogP contribution in [0.2, 0.25) is 0 Å². The Labute approximate surface area is 113 Å². The number of rotatable bonds is 3. The summed E-state index contributed by atoms with van der Waals surface area (Å²) in [5.41, 5.74) is 2.03.